The van der Waals surface area contributed by atoms with E-state index in [1.807, 2.05) is 0 Å². The van der Waals surface area contributed by atoms with Crippen molar-refractivity contribution in [1.82, 2.24) is 0 Å². The lowest BCUT2D eigenvalue weighted by atomic mass is 10.4. The Bertz CT molecular complexity index is 420. The molecular weight excluding hydrogens is 303 g/mol. The number of rotatable bonds is 1. The van der Waals surface area contributed by atoms with E-state index in [4.69, 9.17) is 27.8 Å². The van der Waals surface area contributed by atoms with Crippen LogP contribution in [0.25, 0.3) is 0 Å². The highest BCUT2D eigenvalue weighted by Gasteiger charge is 2.19. The molecule has 72 valence electrons. The molecule has 0 radical (unpaired) electrons. The summed E-state index contributed by atoms with van der Waals surface area (Å²) >= 11 is 14.2. The van der Waals surface area contributed by atoms with Crippen molar-refractivity contribution < 1.29 is 13.0 Å². The van der Waals surface area contributed by atoms with Crippen LogP contribution < -0.4 is 0 Å². The summed E-state index contributed by atoms with van der Waals surface area (Å²) in [4.78, 5) is -0.473. The second kappa shape index (κ2) is 3.74. The van der Waals surface area contributed by atoms with Gasteiger partial charge in [0.1, 0.15) is 4.90 Å². The van der Waals surface area contributed by atoms with Crippen molar-refractivity contribution in [2.45, 2.75) is 4.90 Å². The molecule has 0 aromatic heterocycles. The highest BCUT2D eigenvalue weighted by molar-refractivity contribution is 9.10. The van der Waals surface area contributed by atoms with Gasteiger partial charge in [-0.1, -0.05) is 39.1 Å². The molecule has 0 aliphatic heterocycles. The molecule has 0 aliphatic carbocycles. The van der Waals surface area contributed by atoms with E-state index in [0.717, 1.165) is 0 Å². The molecule has 3 nitrogen and oxygen atoms in total. The molecule has 0 atom stereocenters. The van der Waals surface area contributed by atoms with Crippen LogP contribution in [0.2, 0.25) is 10.0 Å². The molecule has 1 N–H and O–H groups in total. The van der Waals surface area contributed by atoms with Crippen molar-refractivity contribution in [3.8, 4) is 0 Å². The second-order valence-electron chi connectivity index (χ2n) is 2.17. The van der Waals surface area contributed by atoms with E-state index < -0.39 is 15.0 Å². The summed E-state index contributed by atoms with van der Waals surface area (Å²) in [5.41, 5.74) is 0. The SMILES string of the molecule is O=S(=O)(O)c1c(Cl)cc(Br)cc1Cl. The zero-order valence-electron chi connectivity index (χ0n) is 5.96. The van der Waals surface area contributed by atoms with E-state index in [9.17, 15) is 8.42 Å². The van der Waals surface area contributed by atoms with Gasteiger partial charge in [0, 0.05) is 4.47 Å². The van der Waals surface area contributed by atoms with Crippen LogP contribution in [0.5, 0.6) is 0 Å². The maximum Gasteiger partial charge on any atom is 0.297 e. The fraction of sp³-hybridized carbons (Fsp3) is 0. The number of hydrogen-bond acceptors (Lipinski definition) is 2. The Kier molecular flexibility index (Phi) is 3.24. The lowest BCUT2D eigenvalue weighted by molar-refractivity contribution is 0.483. The zero-order valence-corrected chi connectivity index (χ0v) is 9.87. The van der Waals surface area contributed by atoms with Gasteiger partial charge in [0.05, 0.1) is 10.0 Å². The molecule has 1 aromatic rings. The van der Waals surface area contributed by atoms with Crippen molar-refractivity contribution >= 4 is 49.2 Å². The van der Waals surface area contributed by atoms with Gasteiger partial charge in [-0.25, -0.2) is 0 Å². The van der Waals surface area contributed by atoms with Gasteiger partial charge >= 0.3 is 0 Å². The van der Waals surface area contributed by atoms with Gasteiger partial charge in [-0.2, -0.15) is 8.42 Å². The topological polar surface area (TPSA) is 54.4 Å². The predicted octanol–water partition coefficient (Wildman–Crippen LogP) is 3.00. The Hall–Kier alpha value is 0.190. The summed E-state index contributed by atoms with van der Waals surface area (Å²) in [6.07, 6.45) is 0. The van der Waals surface area contributed by atoms with Crippen LogP contribution in [-0.4, -0.2) is 13.0 Å². The van der Waals surface area contributed by atoms with Crippen molar-refractivity contribution in [2.24, 2.45) is 0 Å². The van der Waals surface area contributed by atoms with Gasteiger partial charge in [-0.3, -0.25) is 4.55 Å². The molecular formula is C6H3BrCl2O3S. The van der Waals surface area contributed by atoms with Gasteiger partial charge in [0.25, 0.3) is 10.1 Å². The first-order chi connectivity index (χ1) is 5.82. The Morgan fingerprint density at radius 1 is 1.23 bits per heavy atom. The van der Waals surface area contributed by atoms with E-state index in [1.165, 1.54) is 12.1 Å². The minimum absolute atomic E-state index is 0.123. The fourth-order valence-corrected chi connectivity index (χ4v) is 3.18. The summed E-state index contributed by atoms with van der Waals surface area (Å²) in [5, 5.41) is -0.247. The van der Waals surface area contributed by atoms with Gasteiger partial charge in [-0.05, 0) is 12.1 Å². The zero-order chi connectivity index (χ0) is 10.2. The smallest absolute Gasteiger partial charge is 0.282 e. The average Bonchev–Trinajstić information content (AvgIpc) is 1.78. The highest BCUT2D eigenvalue weighted by Crippen LogP contribution is 2.32. The first-order valence-corrected chi connectivity index (χ1v) is 5.93. The van der Waals surface area contributed by atoms with Crippen molar-refractivity contribution in [3.05, 3.63) is 26.7 Å². The first kappa shape index (κ1) is 11.3. The number of hydrogen-bond donors (Lipinski definition) is 1. The molecule has 0 amide bonds. The van der Waals surface area contributed by atoms with Crippen molar-refractivity contribution in [2.75, 3.05) is 0 Å². The molecule has 7 heteroatoms. The third-order valence-corrected chi connectivity index (χ3v) is 3.45. The van der Waals surface area contributed by atoms with Gasteiger partial charge in [0.2, 0.25) is 0 Å². The molecule has 0 unspecified atom stereocenters. The Balaban J connectivity index is 3.57. The standard InChI is InChI=1S/C6H3BrCl2O3S/c7-3-1-4(8)6(5(9)2-3)13(10,11)12/h1-2H,(H,10,11,12). The van der Waals surface area contributed by atoms with Crippen LogP contribution in [0.1, 0.15) is 0 Å². The van der Waals surface area contributed by atoms with Gasteiger partial charge < -0.3 is 0 Å². The lowest BCUT2D eigenvalue weighted by Gasteiger charge is -2.03. The van der Waals surface area contributed by atoms with Crippen molar-refractivity contribution in [3.63, 3.8) is 0 Å². The van der Waals surface area contributed by atoms with Crippen LogP contribution in [0, 0.1) is 0 Å². The lowest BCUT2D eigenvalue weighted by Crippen LogP contribution is -2.00. The third kappa shape index (κ3) is 2.57. The van der Waals surface area contributed by atoms with E-state index >= 15 is 0 Å². The average molecular weight is 306 g/mol. The molecule has 0 saturated heterocycles. The molecule has 0 aliphatic rings. The highest BCUT2D eigenvalue weighted by atomic mass is 79.9. The Morgan fingerprint density at radius 2 is 1.62 bits per heavy atom. The monoisotopic (exact) mass is 304 g/mol. The molecule has 0 bridgehead atoms. The number of benzene rings is 1. The van der Waals surface area contributed by atoms with E-state index in [-0.39, 0.29) is 10.0 Å². The van der Waals surface area contributed by atoms with Crippen LogP contribution in [0.3, 0.4) is 0 Å². The third-order valence-electron chi connectivity index (χ3n) is 1.22. The fourth-order valence-electron chi connectivity index (χ4n) is 0.775. The summed E-state index contributed by atoms with van der Waals surface area (Å²) in [7, 11) is -4.37. The minimum atomic E-state index is -4.37. The largest absolute Gasteiger partial charge is 0.297 e. The normalized spacial score (nSPS) is 11.7. The molecule has 1 aromatic carbocycles. The Morgan fingerprint density at radius 3 is 1.92 bits per heavy atom. The minimum Gasteiger partial charge on any atom is -0.282 e. The van der Waals surface area contributed by atoms with Gasteiger partial charge in [-0.15, -0.1) is 0 Å². The van der Waals surface area contributed by atoms with E-state index in [1.54, 1.807) is 0 Å². The van der Waals surface area contributed by atoms with Crippen LogP contribution in [0.4, 0.5) is 0 Å². The molecule has 1 rings (SSSR count). The number of halogens is 3. The van der Waals surface area contributed by atoms with Crippen LogP contribution in [0.15, 0.2) is 21.5 Å². The van der Waals surface area contributed by atoms with Crippen LogP contribution in [-0.2, 0) is 10.1 Å². The summed E-state index contributed by atoms with van der Waals surface area (Å²) < 4.78 is 30.8. The molecule has 0 heterocycles. The maximum absolute atomic E-state index is 10.8. The Labute approximate surface area is 93.5 Å². The van der Waals surface area contributed by atoms with E-state index in [0.29, 0.717) is 4.47 Å². The van der Waals surface area contributed by atoms with Gasteiger partial charge in [0.15, 0.2) is 0 Å². The van der Waals surface area contributed by atoms with E-state index in [2.05, 4.69) is 15.9 Å². The molecule has 0 saturated carbocycles. The molecule has 13 heavy (non-hydrogen) atoms. The quantitative estimate of drug-likeness (QED) is 0.812. The maximum atomic E-state index is 10.8. The predicted molar refractivity (Wildman–Crippen MR) is 54.0 cm³/mol. The molecule has 0 spiro atoms. The second-order valence-corrected chi connectivity index (χ2v) is 5.26. The first-order valence-electron chi connectivity index (χ1n) is 2.94. The van der Waals surface area contributed by atoms with Crippen molar-refractivity contribution in [1.29, 1.82) is 0 Å². The summed E-state index contributed by atoms with van der Waals surface area (Å²) in [6, 6.07) is 2.66. The van der Waals surface area contributed by atoms with Crippen LogP contribution >= 0.6 is 39.1 Å². The molecule has 0 fully saturated rings. The summed E-state index contributed by atoms with van der Waals surface area (Å²) in [5.74, 6) is 0. The summed E-state index contributed by atoms with van der Waals surface area (Å²) in [6.45, 7) is 0.